The Morgan fingerprint density at radius 3 is 2.62 bits per heavy atom. The van der Waals surface area contributed by atoms with Crippen molar-refractivity contribution in [3.05, 3.63) is 16.4 Å². The number of halogens is 1. The van der Waals surface area contributed by atoms with Crippen LogP contribution in [0.3, 0.4) is 0 Å². The van der Waals surface area contributed by atoms with Crippen molar-refractivity contribution in [3.63, 3.8) is 0 Å². The molecule has 0 aliphatic heterocycles. The van der Waals surface area contributed by atoms with Crippen LogP contribution in [0.1, 0.15) is 29.9 Å². The zero-order valence-electron chi connectivity index (χ0n) is 9.41. The van der Waals surface area contributed by atoms with Crippen LogP contribution >= 0.6 is 23.4 Å². The zero-order chi connectivity index (χ0) is 12.1. The Bertz CT molecular complexity index is 399. The largest absolute Gasteiger partial charge is 0.462 e. The van der Waals surface area contributed by atoms with Crippen molar-refractivity contribution in [2.24, 2.45) is 0 Å². The van der Waals surface area contributed by atoms with Crippen LogP contribution < -0.4 is 0 Å². The van der Waals surface area contributed by atoms with Gasteiger partial charge in [-0.2, -0.15) is 0 Å². The molecule has 88 valence electrons. The van der Waals surface area contributed by atoms with Gasteiger partial charge < -0.3 is 4.74 Å². The molecule has 1 rings (SSSR count). The second-order valence-electron chi connectivity index (χ2n) is 2.90. The SMILES string of the molecule is CCOC(=O)c1c(Cl)nc(SC)nc1CC. The lowest BCUT2D eigenvalue weighted by Crippen LogP contribution is -2.12. The van der Waals surface area contributed by atoms with Crippen LogP contribution in [0.4, 0.5) is 0 Å². The van der Waals surface area contributed by atoms with E-state index in [1.807, 2.05) is 13.2 Å². The number of hydrogen-bond acceptors (Lipinski definition) is 5. The Kier molecular flexibility index (Phi) is 5.02. The van der Waals surface area contributed by atoms with Crippen LogP contribution in [0.25, 0.3) is 0 Å². The minimum atomic E-state index is -0.461. The van der Waals surface area contributed by atoms with Crippen molar-refractivity contribution in [3.8, 4) is 0 Å². The molecule has 6 heteroatoms. The average molecular weight is 261 g/mol. The number of ether oxygens (including phenoxy) is 1. The number of rotatable bonds is 4. The number of nitrogens with zero attached hydrogens (tertiary/aromatic N) is 2. The summed E-state index contributed by atoms with van der Waals surface area (Å²) in [4.78, 5) is 19.9. The summed E-state index contributed by atoms with van der Waals surface area (Å²) in [6.45, 7) is 3.96. The quantitative estimate of drug-likeness (QED) is 0.360. The summed E-state index contributed by atoms with van der Waals surface area (Å²) in [6.07, 6.45) is 2.47. The second-order valence-corrected chi connectivity index (χ2v) is 4.03. The highest BCUT2D eigenvalue weighted by Crippen LogP contribution is 2.22. The summed E-state index contributed by atoms with van der Waals surface area (Å²) in [5.74, 6) is -0.461. The van der Waals surface area contributed by atoms with Gasteiger partial charge in [-0.25, -0.2) is 14.8 Å². The van der Waals surface area contributed by atoms with Gasteiger partial charge in [-0.05, 0) is 19.6 Å². The number of aromatic nitrogens is 2. The molecule has 1 aromatic heterocycles. The highest BCUT2D eigenvalue weighted by molar-refractivity contribution is 7.98. The minimum absolute atomic E-state index is 0.162. The van der Waals surface area contributed by atoms with E-state index in [9.17, 15) is 4.79 Å². The standard InChI is InChI=1S/C10H13ClN2O2S/c1-4-6-7(9(14)15-5-2)8(11)13-10(12-6)16-3/h4-5H2,1-3H3. The predicted octanol–water partition coefficient (Wildman–Crippen LogP) is 2.59. The van der Waals surface area contributed by atoms with Gasteiger partial charge in [-0.3, -0.25) is 0 Å². The smallest absolute Gasteiger partial charge is 0.343 e. The monoisotopic (exact) mass is 260 g/mol. The van der Waals surface area contributed by atoms with E-state index in [0.717, 1.165) is 0 Å². The summed E-state index contributed by atoms with van der Waals surface area (Å²) >= 11 is 7.34. The van der Waals surface area contributed by atoms with Crippen LogP contribution in [0.5, 0.6) is 0 Å². The van der Waals surface area contributed by atoms with Gasteiger partial charge in [-0.15, -0.1) is 0 Å². The summed E-state index contributed by atoms with van der Waals surface area (Å²) in [6, 6.07) is 0. The van der Waals surface area contributed by atoms with Gasteiger partial charge in [0.25, 0.3) is 0 Å². The molecule has 0 bridgehead atoms. The lowest BCUT2D eigenvalue weighted by atomic mass is 10.2. The van der Waals surface area contributed by atoms with Crippen LogP contribution in [0.15, 0.2) is 5.16 Å². The van der Waals surface area contributed by atoms with Crippen molar-refractivity contribution < 1.29 is 9.53 Å². The second kappa shape index (κ2) is 6.06. The molecule has 1 aromatic rings. The van der Waals surface area contributed by atoms with Gasteiger partial charge in [0.1, 0.15) is 10.7 Å². The van der Waals surface area contributed by atoms with Gasteiger partial charge in [0.15, 0.2) is 5.16 Å². The summed E-state index contributed by atoms with van der Waals surface area (Å²) < 4.78 is 4.91. The number of hydrogen-bond donors (Lipinski definition) is 0. The number of thioether (sulfide) groups is 1. The van der Waals surface area contributed by atoms with Crippen LogP contribution in [0.2, 0.25) is 5.15 Å². The molecule has 0 radical (unpaired) electrons. The molecular formula is C10H13ClN2O2S. The molecular weight excluding hydrogens is 248 g/mol. The Balaban J connectivity index is 3.21. The third-order valence-electron chi connectivity index (χ3n) is 1.92. The average Bonchev–Trinajstić information content (AvgIpc) is 2.27. The number of aryl methyl sites for hydroxylation is 1. The Morgan fingerprint density at radius 1 is 1.44 bits per heavy atom. The summed E-state index contributed by atoms with van der Waals surface area (Å²) in [5, 5.41) is 0.726. The molecule has 1 heterocycles. The molecule has 0 amide bonds. The first-order valence-electron chi connectivity index (χ1n) is 4.91. The van der Waals surface area contributed by atoms with Crippen LogP contribution in [-0.4, -0.2) is 28.8 Å². The highest BCUT2D eigenvalue weighted by Gasteiger charge is 2.19. The highest BCUT2D eigenvalue weighted by atomic mass is 35.5. The molecule has 0 atom stereocenters. The van der Waals surface area contributed by atoms with E-state index in [1.54, 1.807) is 6.92 Å². The molecule has 0 unspecified atom stereocenters. The van der Waals surface area contributed by atoms with Gasteiger partial charge in [0.05, 0.1) is 12.3 Å². The van der Waals surface area contributed by atoms with Crippen LogP contribution in [-0.2, 0) is 11.2 Å². The summed E-state index contributed by atoms with van der Waals surface area (Å²) in [5.41, 5.74) is 0.909. The molecule has 4 nitrogen and oxygen atoms in total. The van der Waals surface area contributed by atoms with Gasteiger partial charge in [0, 0.05) is 0 Å². The first-order chi connectivity index (χ1) is 7.63. The molecule has 16 heavy (non-hydrogen) atoms. The molecule has 0 spiro atoms. The van der Waals surface area contributed by atoms with Crippen molar-refractivity contribution in [1.29, 1.82) is 0 Å². The van der Waals surface area contributed by atoms with Gasteiger partial charge >= 0.3 is 5.97 Å². The fraction of sp³-hybridized carbons (Fsp3) is 0.500. The van der Waals surface area contributed by atoms with E-state index in [-0.39, 0.29) is 10.7 Å². The molecule has 0 aromatic carbocycles. The van der Waals surface area contributed by atoms with Gasteiger partial charge in [0.2, 0.25) is 0 Å². The van der Waals surface area contributed by atoms with Crippen LogP contribution in [0, 0.1) is 0 Å². The van der Waals surface area contributed by atoms with Crippen molar-refractivity contribution in [2.45, 2.75) is 25.4 Å². The molecule has 0 saturated carbocycles. The third kappa shape index (κ3) is 2.86. The van der Waals surface area contributed by atoms with Crippen molar-refractivity contribution >= 4 is 29.3 Å². The van der Waals surface area contributed by atoms with Gasteiger partial charge in [-0.1, -0.05) is 30.3 Å². The van der Waals surface area contributed by atoms with E-state index >= 15 is 0 Å². The Labute approximate surface area is 104 Å². The van der Waals surface area contributed by atoms with E-state index < -0.39 is 5.97 Å². The third-order valence-corrected chi connectivity index (χ3v) is 2.74. The molecule has 0 N–H and O–H groups in total. The minimum Gasteiger partial charge on any atom is -0.462 e. The summed E-state index contributed by atoms with van der Waals surface area (Å²) in [7, 11) is 0. The fourth-order valence-corrected chi connectivity index (χ4v) is 1.91. The number of carbonyl (C=O) groups is 1. The Morgan fingerprint density at radius 2 is 2.12 bits per heavy atom. The van der Waals surface area contributed by atoms with Crippen molar-refractivity contribution in [2.75, 3.05) is 12.9 Å². The van der Waals surface area contributed by atoms with E-state index in [4.69, 9.17) is 16.3 Å². The van der Waals surface area contributed by atoms with E-state index in [2.05, 4.69) is 9.97 Å². The lowest BCUT2D eigenvalue weighted by molar-refractivity contribution is 0.0524. The fourth-order valence-electron chi connectivity index (χ4n) is 1.21. The maximum Gasteiger partial charge on any atom is 0.343 e. The van der Waals surface area contributed by atoms with Crippen molar-refractivity contribution in [1.82, 2.24) is 9.97 Å². The number of carbonyl (C=O) groups excluding carboxylic acids is 1. The topological polar surface area (TPSA) is 52.1 Å². The zero-order valence-corrected chi connectivity index (χ0v) is 11.0. The van der Waals surface area contributed by atoms with E-state index in [1.165, 1.54) is 11.8 Å². The first-order valence-corrected chi connectivity index (χ1v) is 6.51. The lowest BCUT2D eigenvalue weighted by Gasteiger charge is -2.09. The molecule has 0 saturated heterocycles. The normalized spacial score (nSPS) is 10.2. The molecule has 0 aliphatic rings. The predicted molar refractivity (Wildman–Crippen MR) is 64.2 cm³/mol. The molecule has 0 aliphatic carbocycles. The number of esters is 1. The Hall–Kier alpha value is -0.810. The maximum atomic E-state index is 11.7. The molecule has 0 fully saturated rings. The maximum absolute atomic E-state index is 11.7. The van der Waals surface area contributed by atoms with E-state index in [0.29, 0.717) is 23.9 Å². The first kappa shape index (κ1) is 13.3.